The Morgan fingerprint density at radius 2 is 1.02 bits per heavy atom. The number of fused-ring (bicyclic) bond motifs is 3. The average Bonchev–Trinajstić information content (AvgIpc) is 3.35. The molecule has 2 aromatic heterocycles. The SMILES string of the molecule is CC1(C)c2ccccc2-c2c(-c3ccc(-c4cc(-c5ccc(-c6cccnc6)cc5)nc(-c5ccccc5)n4)cc3)cccc21. The van der Waals surface area contributed by atoms with E-state index >= 15 is 0 Å². The molecule has 1 aliphatic rings. The molecule has 0 bridgehead atoms. The first-order valence-corrected chi connectivity index (χ1v) is 15.4. The van der Waals surface area contributed by atoms with Crippen LogP contribution in [0.3, 0.4) is 0 Å². The third kappa shape index (κ3) is 4.74. The van der Waals surface area contributed by atoms with E-state index in [0.717, 1.165) is 39.2 Å². The van der Waals surface area contributed by atoms with Gasteiger partial charge in [-0.25, -0.2) is 9.97 Å². The number of aromatic nitrogens is 3. The average molecular weight is 578 g/mol. The van der Waals surface area contributed by atoms with Crippen LogP contribution in [0, 0.1) is 0 Å². The predicted molar refractivity (Wildman–Crippen MR) is 185 cm³/mol. The Morgan fingerprint density at radius 1 is 0.444 bits per heavy atom. The molecule has 5 aromatic carbocycles. The highest BCUT2D eigenvalue weighted by atomic mass is 14.9. The lowest BCUT2D eigenvalue weighted by Crippen LogP contribution is -2.14. The standard InChI is InChI=1S/C42H31N3/c1-42(2)36-15-7-6-13-35(36)40-34(14-8-16-37(40)42)29-19-23-31(24-20-29)39-26-38(44-41(45-39)32-10-4-3-5-11-32)30-21-17-28(18-22-30)33-12-9-25-43-27-33/h3-27H,1-2H3. The summed E-state index contributed by atoms with van der Waals surface area (Å²) >= 11 is 0. The first-order valence-electron chi connectivity index (χ1n) is 15.4. The number of pyridine rings is 1. The molecule has 3 heteroatoms. The quantitative estimate of drug-likeness (QED) is 0.204. The summed E-state index contributed by atoms with van der Waals surface area (Å²) in [4.78, 5) is 14.3. The minimum absolute atomic E-state index is 0.0245. The second kappa shape index (κ2) is 10.8. The number of hydrogen-bond donors (Lipinski definition) is 0. The van der Waals surface area contributed by atoms with Crippen LogP contribution in [0.2, 0.25) is 0 Å². The summed E-state index contributed by atoms with van der Waals surface area (Å²) in [7, 11) is 0. The Bertz CT molecular complexity index is 2150. The van der Waals surface area contributed by atoms with Gasteiger partial charge < -0.3 is 0 Å². The Balaban J connectivity index is 1.20. The molecule has 0 atom stereocenters. The zero-order valence-corrected chi connectivity index (χ0v) is 25.3. The normalized spacial score (nSPS) is 12.8. The number of hydrogen-bond acceptors (Lipinski definition) is 3. The Kier molecular flexibility index (Phi) is 6.46. The lowest BCUT2D eigenvalue weighted by molar-refractivity contribution is 0.660. The third-order valence-corrected chi connectivity index (χ3v) is 9.03. The fourth-order valence-corrected chi connectivity index (χ4v) is 6.64. The minimum Gasteiger partial charge on any atom is -0.264 e. The van der Waals surface area contributed by atoms with Crippen molar-refractivity contribution in [3.8, 4) is 67.3 Å². The molecule has 0 saturated carbocycles. The van der Waals surface area contributed by atoms with Crippen molar-refractivity contribution in [2.45, 2.75) is 19.3 Å². The molecule has 0 N–H and O–H groups in total. The maximum Gasteiger partial charge on any atom is 0.160 e. The van der Waals surface area contributed by atoms with Crippen molar-refractivity contribution in [1.82, 2.24) is 15.0 Å². The zero-order valence-electron chi connectivity index (χ0n) is 25.3. The van der Waals surface area contributed by atoms with Crippen molar-refractivity contribution in [3.63, 3.8) is 0 Å². The van der Waals surface area contributed by atoms with Gasteiger partial charge in [0, 0.05) is 34.5 Å². The van der Waals surface area contributed by atoms with E-state index in [-0.39, 0.29) is 5.41 Å². The van der Waals surface area contributed by atoms with Crippen LogP contribution in [0.5, 0.6) is 0 Å². The summed E-state index contributed by atoms with van der Waals surface area (Å²) < 4.78 is 0. The summed E-state index contributed by atoms with van der Waals surface area (Å²) in [5.41, 5.74) is 15.0. The molecule has 1 aliphatic carbocycles. The highest BCUT2D eigenvalue weighted by molar-refractivity contribution is 5.92. The third-order valence-electron chi connectivity index (χ3n) is 9.03. The Morgan fingerprint density at radius 3 is 1.71 bits per heavy atom. The van der Waals surface area contributed by atoms with Gasteiger partial charge in [-0.1, -0.05) is 141 Å². The molecule has 3 nitrogen and oxygen atoms in total. The molecule has 7 aromatic rings. The van der Waals surface area contributed by atoms with Crippen LogP contribution in [0.15, 0.2) is 152 Å². The lowest BCUT2D eigenvalue weighted by atomic mass is 9.82. The second-order valence-corrected chi connectivity index (χ2v) is 12.1. The van der Waals surface area contributed by atoms with E-state index in [9.17, 15) is 0 Å². The fourth-order valence-electron chi connectivity index (χ4n) is 6.64. The Labute approximate surface area is 264 Å². The van der Waals surface area contributed by atoms with Crippen LogP contribution < -0.4 is 0 Å². The van der Waals surface area contributed by atoms with E-state index < -0.39 is 0 Å². The molecule has 0 fully saturated rings. The Hall–Kier alpha value is -5.67. The molecule has 0 aliphatic heterocycles. The van der Waals surface area contributed by atoms with Crippen LogP contribution in [0.1, 0.15) is 25.0 Å². The molecular formula is C42H31N3. The van der Waals surface area contributed by atoms with E-state index in [1.54, 1.807) is 6.20 Å². The predicted octanol–water partition coefficient (Wildman–Crippen LogP) is 10.5. The van der Waals surface area contributed by atoms with Gasteiger partial charge in [0.25, 0.3) is 0 Å². The summed E-state index contributed by atoms with van der Waals surface area (Å²) in [6, 6.07) is 49.2. The van der Waals surface area contributed by atoms with Crippen LogP contribution in [0.4, 0.5) is 0 Å². The van der Waals surface area contributed by atoms with E-state index in [1.165, 1.54) is 33.4 Å². The van der Waals surface area contributed by atoms with Crippen molar-refractivity contribution in [2.75, 3.05) is 0 Å². The molecule has 0 unspecified atom stereocenters. The van der Waals surface area contributed by atoms with Gasteiger partial charge in [0.1, 0.15) is 0 Å². The van der Waals surface area contributed by atoms with Gasteiger partial charge in [-0.2, -0.15) is 0 Å². The molecule has 8 rings (SSSR count). The number of nitrogens with zero attached hydrogens (tertiary/aromatic N) is 3. The van der Waals surface area contributed by atoms with Gasteiger partial charge in [0.15, 0.2) is 5.82 Å². The maximum absolute atomic E-state index is 5.05. The molecule has 0 spiro atoms. The first-order chi connectivity index (χ1) is 22.1. The highest BCUT2D eigenvalue weighted by Gasteiger charge is 2.36. The van der Waals surface area contributed by atoms with Gasteiger partial charge in [0.2, 0.25) is 0 Å². The van der Waals surface area contributed by atoms with E-state index in [1.807, 2.05) is 30.5 Å². The van der Waals surface area contributed by atoms with Gasteiger partial charge in [-0.15, -0.1) is 0 Å². The molecule has 214 valence electrons. The maximum atomic E-state index is 5.05. The van der Waals surface area contributed by atoms with Crippen molar-refractivity contribution in [1.29, 1.82) is 0 Å². The molecule has 45 heavy (non-hydrogen) atoms. The molecule has 2 heterocycles. The minimum atomic E-state index is -0.0245. The number of benzene rings is 5. The molecule has 0 amide bonds. The summed E-state index contributed by atoms with van der Waals surface area (Å²) in [5, 5.41) is 0. The molecular weight excluding hydrogens is 546 g/mol. The molecule has 0 radical (unpaired) electrons. The highest BCUT2D eigenvalue weighted by Crippen LogP contribution is 2.51. The van der Waals surface area contributed by atoms with Gasteiger partial charge in [-0.05, 0) is 56.6 Å². The van der Waals surface area contributed by atoms with E-state index in [2.05, 4.69) is 134 Å². The van der Waals surface area contributed by atoms with Crippen LogP contribution in [-0.2, 0) is 5.41 Å². The van der Waals surface area contributed by atoms with Crippen molar-refractivity contribution in [2.24, 2.45) is 0 Å². The van der Waals surface area contributed by atoms with Gasteiger partial charge >= 0.3 is 0 Å². The van der Waals surface area contributed by atoms with Gasteiger partial charge in [-0.3, -0.25) is 4.98 Å². The van der Waals surface area contributed by atoms with Crippen molar-refractivity contribution >= 4 is 0 Å². The largest absolute Gasteiger partial charge is 0.264 e. The fraction of sp³-hybridized carbons (Fsp3) is 0.0714. The topological polar surface area (TPSA) is 38.7 Å². The summed E-state index contributed by atoms with van der Waals surface area (Å²) in [6.45, 7) is 4.65. The lowest BCUT2D eigenvalue weighted by Gasteiger charge is -2.21. The van der Waals surface area contributed by atoms with E-state index in [0.29, 0.717) is 5.82 Å². The van der Waals surface area contributed by atoms with Crippen molar-refractivity contribution in [3.05, 3.63) is 163 Å². The number of rotatable bonds is 5. The summed E-state index contributed by atoms with van der Waals surface area (Å²) in [5.74, 6) is 0.711. The van der Waals surface area contributed by atoms with E-state index in [4.69, 9.17) is 9.97 Å². The van der Waals surface area contributed by atoms with Gasteiger partial charge in [0.05, 0.1) is 11.4 Å². The zero-order chi connectivity index (χ0) is 30.4. The summed E-state index contributed by atoms with van der Waals surface area (Å²) in [6.07, 6.45) is 3.68. The first kappa shape index (κ1) is 26.9. The monoisotopic (exact) mass is 577 g/mol. The van der Waals surface area contributed by atoms with Crippen LogP contribution >= 0.6 is 0 Å². The molecule has 0 saturated heterocycles. The second-order valence-electron chi connectivity index (χ2n) is 12.1. The van der Waals surface area contributed by atoms with Crippen LogP contribution in [0.25, 0.3) is 67.3 Å². The smallest absolute Gasteiger partial charge is 0.160 e. The van der Waals surface area contributed by atoms with Crippen molar-refractivity contribution < 1.29 is 0 Å². The van der Waals surface area contributed by atoms with Crippen LogP contribution in [-0.4, -0.2) is 15.0 Å².